The molecule has 0 aromatic carbocycles. The van der Waals surface area contributed by atoms with Gasteiger partial charge in [-0.3, -0.25) is 0 Å². The lowest BCUT2D eigenvalue weighted by Crippen LogP contribution is -2.40. The van der Waals surface area contributed by atoms with Gasteiger partial charge in [-0.2, -0.15) is 0 Å². The van der Waals surface area contributed by atoms with Crippen LogP contribution in [0.1, 0.15) is 19.8 Å². The van der Waals surface area contributed by atoms with Gasteiger partial charge in [0.1, 0.15) is 0 Å². The van der Waals surface area contributed by atoms with Gasteiger partial charge in [-0.05, 0) is 25.8 Å². The van der Waals surface area contributed by atoms with E-state index in [1.54, 1.807) is 13.0 Å². The molecule has 0 aliphatic heterocycles. The molecule has 0 heterocycles. The van der Waals surface area contributed by atoms with Crippen LogP contribution in [0.15, 0.2) is 12.2 Å². The van der Waals surface area contributed by atoms with Crippen LogP contribution in [0, 0.1) is 11.8 Å². The summed E-state index contributed by atoms with van der Waals surface area (Å²) < 4.78 is 0. The first kappa shape index (κ1) is 8.32. The van der Waals surface area contributed by atoms with Crippen LogP contribution in [0.2, 0.25) is 0 Å². The van der Waals surface area contributed by atoms with Crippen molar-refractivity contribution in [3.63, 3.8) is 0 Å². The normalized spacial score (nSPS) is 36.1. The fourth-order valence-electron chi connectivity index (χ4n) is 1.17. The van der Waals surface area contributed by atoms with Crippen LogP contribution < -0.4 is 0 Å². The summed E-state index contributed by atoms with van der Waals surface area (Å²) in [4.78, 5) is 0. The van der Waals surface area contributed by atoms with E-state index in [0.717, 1.165) is 6.42 Å². The minimum absolute atomic E-state index is 0.585. The summed E-state index contributed by atoms with van der Waals surface area (Å²) in [6.45, 7) is 1.65. The van der Waals surface area contributed by atoms with Crippen molar-refractivity contribution in [1.82, 2.24) is 0 Å². The Morgan fingerprint density at radius 3 is 2.91 bits per heavy atom. The third-order valence-electron chi connectivity index (χ3n) is 1.81. The highest BCUT2D eigenvalue weighted by Gasteiger charge is 2.32. The number of aliphatic hydroxyl groups excluding tert-OH is 1. The van der Waals surface area contributed by atoms with Gasteiger partial charge in [0.05, 0.1) is 6.10 Å². The minimum Gasteiger partial charge on any atom is -0.389 e. The van der Waals surface area contributed by atoms with Gasteiger partial charge < -0.3 is 10.2 Å². The van der Waals surface area contributed by atoms with Crippen molar-refractivity contribution in [1.29, 1.82) is 0 Å². The number of hydrogen-bond acceptors (Lipinski definition) is 2. The molecule has 0 aromatic rings. The average Bonchev–Trinajstić information content (AvgIpc) is 1.96. The van der Waals surface area contributed by atoms with Gasteiger partial charge in [0.15, 0.2) is 5.60 Å². The summed E-state index contributed by atoms with van der Waals surface area (Å²) in [6.07, 6.45) is 4.07. The predicted octanol–water partition coefficient (Wildman–Crippen LogP) is 0.452. The molecule has 1 rings (SSSR count). The molecule has 0 saturated heterocycles. The van der Waals surface area contributed by atoms with Crippen molar-refractivity contribution in [3.05, 3.63) is 12.2 Å². The van der Waals surface area contributed by atoms with Crippen molar-refractivity contribution < 1.29 is 10.2 Å². The summed E-state index contributed by atoms with van der Waals surface area (Å²) in [5.74, 6) is 5.18. The van der Waals surface area contributed by atoms with Crippen LogP contribution in [0.3, 0.4) is 0 Å². The standard InChI is InChI=1S/C9H12O2/c1-2-6-9(11)7-4-3-5-8(9)10/h4,7-8,10-11H,3,5H2,1H3/t8-,9?/m1/s1. The van der Waals surface area contributed by atoms with E-state index >= 15 is 0 Å². The lowest BCUT2D eigenvalue weighted by molar-refractivity contribution is -0.00733. The molecule has 0 bridgehead atoms. The van der Waals surface area contributed by atoms with Crippen LogP contribution in [-0.2, 0) is 0 Å². The van der Waals surface area contributed by atoms with Gasteiger partial charge >= 0.3 is 0 Å². The van der Waals surface area contributed by atoms with Crippen LogP contribution >= 0.6 is 0 Å². The van der Waals surface area contributed by atoms with Crippen molar-refractivity contribution >= 4 is 0 Å². The molecule has 1 aliphatic rings. The number of allylic oxidation sites excluding steroid dienone is 1. The fraction of sp³-hybridized carbons (Fsp3) is 0.556. The van der Waals surface area contributed by atoms with E-state index in [9.17, 15) is 10.2 Å². The molecule has 60 valence electrons. The molecule has 0 aromatic heterocycles. The van der Waals surface area contributed by atoms with E-state index in [1.807, 2.05) is 6.08 Å². The Labute approximate surface area is 66.6 Å². The molecule has 2 heteroatoms. The minimum atomic E-state index is -1.30. The molecule has 0 spiro atoms. The number of rotatable bonds is 0. The van der Waals surface area contributed by atoms with Crippen molar-refractivity contribution in [2.24, 2.45) is 0 Å². The van der Waals surface area contributed by atoms with E-state index in [0.29, 0.717) is 6.42 Å². The Bertz CT molecular complexity index is 221. The quantitative estimate of drug-likeness (QED) is 0.391. The first-order valence-corrected chi connectivity index (χ1v) is 3.71. The molecule has 0 amide bonds. The third kappa shape index (κ3) is 1.62. The first-order valence-electron chi connectivity index (χ1n) is 3.71. The van der Waals surface area contributed by atoms with E-state index in [2.05, 4.69) is 11.8 Å². The zero-order chi connectivity index (χ0) is 8.32. The lowest BCUT2D eigenvalue weighted by atomic mass is 9.89. The molecule has 2 nitrogen and oxygen atoms in total. The predicted molar refractivity (Wildman–Crippen MR) is 42.8 cm³/mol. The van der Waals surface area contributed by atoms with Crippen molar-refractivity contribution in [3.8, 4) is 11.8 Å². The maximum Gasteiger partial charge on any atom is 0.169 e. The van der Waals surface area contributed by atoms with Crippen LogP contribution in [0.5, 0.6) is 0 Å². The monoisotopic (exact) mass is 152 g/mol. The van der Waals surface area contributed by atoms with E-state index in [4.69, 9.17) is 0 Å². The summed E-state index contributed by atoms with van der Waals surface area (Å²) in [5.41, 5.74) is -1.30. The Balaban J connectivity index is 2.86. The van der Waals surface area contributed by atoms with Gasteiger partial charge in [-0.25, -0.2) is 0 Å². The molecule has 11 heavy (non-hydrogen) atoms. The molecule has 1 unspecified atom stereocenters. The van der Waals surface area contributed by atoms with Crippen molar-refractivity contribution in [2.75, 3.05) is 0 Å². The average molecular weight is 152 g/mol. The summed E-state index contributed by atoms with van der Waals surface area (Å²) in [5, 5.41) is 19.0. The Kier molecular flexibility index (Phi) is 2.33. The number of hydrogen-bond donors (Lipinski definition) is 2. The van der Waals surface area contributed by atoms with E-state index in [-0.39, 0.29) is 0 Å². The highest BCUT2D eigenvalue weighted by molar-refractivity contribution is 5.26. The largest absolute Gasteiger partial charge is 0.389 e. The van der Waals surface area contributed by atoms with Crippen LogP contribution in [-0.4, -0.2) is 21.9 Å². The summed E-state index contributed by atoms with van der Waals surface area (Å²) >= 11 is 0. The smallest absolute Gasteiger partial charge is 0.169 e. The molecule has 0 fully saturated rings. The van der Waals surface area contributed by atoms with Gasteiger partial charge in [0, 0.05) is 0 Å². The van der Waals surface area contributed by atoms with Gasteiger partial charge in [0.25, 0.3) is 0 Å². The first-order chi connectivity index (χ1) is 5.19. The molecule has 0 radical (unpaired) electrons. The van der Waals surface area contributed by atoms with Gasteiger partial charge in [-0.15, -0.1) is 5.92 Å². The Morgan fingerprint density at radius 2 is 2.36 bits per heavy atom. The molecule has 2 atom stereocenters. The molecule has 1 aliphatic carbocycles. The highest BCUT2D eigenvalue weighted by atomic mass is 16.3. The molecular weight excluding hydrogens is 140 g/mol. The Hall–Kier alpha value is -0.780. The lowest BCUT2D eigenvalue weighted by Gasteiger charge is -2.27. The zero-order valence-corrected chi connectivity index (χ0v) is 6.54. The van der Waals surface area contributed by atoms with Gasteiger partial charge in [0.2, 0.25) is 0 Å². The second-order valence-electron chi connectivity index (χ2n) is 2.70. The van der Waals surface area contributed by atoms with Crippen LogP contribution in [0.25, 0.3) is 0 Å². The topological polar surface area (TPSA) is 40.5 Å². The Morgan fingerprint density at radius 1 is 1.64 bits per heavy atom. The molecular formula is C9H12O2. The fourth-order valence-corrected chi connectivity index (χ4v) is 1.17. The maximum absolute atomic E-state index is 9.63. The third-order valence-corrected chi connectivity index (χ3v) is 1.81. The molecule has 2 N–H and O–H groups in total. The summed E-state index contributed by atoms with van der Waals surface area (Å²) in [6, 6.07) is 0. The second-order valence-corrected chi connectivity index (χ2v) is 2.70. The van der Waals surface area contributed by atoms with Crippen LogP contribution in [0.4, 0.5) is 0 Å². The van der Waals surface area contributed by atoms with E-state index in [1.165, 1.54) is 0 Å². The second kappa shape index (κ2) is 3.08. The van der Waals surface area contributed by atoms with E-state index < -0.39 is 11.7 Å². The summed E-state index contributed by atoms with van der Waals surface area (Å²) in [7, 11) is 0. The zero-order valence-electron chi connectivity index (χ0n) is 6.54. The number of aliphatic hydroxyl groups is 2. The van der Waals surface area contributed by atoms with Gasteiger partial charge in [-0.1, -0.05) is 12.0 Å². The van der Waals surface area contributed by atoms with Crippen molar-refractivity contribution in [2.45, 2.75) is 31.5 Å². The molecule has 0 saturated carbocycles. The maximum atomic E-state index is 9.63. The highest BCUT2D eigenvalue weighted by Crippen LogP contribution is 2.21. The SMILES string of the molecule is CC#CC1(O)C=CCC[C@H]1O.